The molecule has 0 unspecified atom stereocenters. The molecule has 1 aliphatic rings. The van der Waals surface area contributed by atoms with Crippen molar-refractivity contribution in [3.8, 4) is 0 Å². The van der Waals surface area contributed by atoms with Crippen LogP contribution in [0.4, 0.5) is 8.78 Å². The van der Waals surface area contributed by atoms with E-state index in [1.807, 2.05) is 0 Å². The van der Waals surface area contributed by atoms with Crippen LogP contribution in [0.3, 0.4) is 0 Å². The van der Waals surface area contributed by atoms with Crippen LogP contribution in [0, 0.1) is 11.6 Å². The van der Waals surface area contributed by atoms with Gasteiger partial charge in [0.1, 0.15) is 11.6 Å². The van der Waals surface area contributed by atoms with Gasteiger partial charge >= 0.3 is 0 Å². The van der Waals surface area contributed by atoms with E-state index in [4.69, 9.17) is 0 Å². The molecule has 1 heterocycles. The molecule has 0 N–H and O–H groups in total. The highest BCUT2D eigenvalue weighted by Gasteiger charge is 2.25. The zero-order chi connectivity index (χ0) is 11.7. The molecular weight excluding hydrogens is 280 g/mol. The van der Waals surface area contributed by atoms with Crippen molar-refractivity contribution in [2.45, 2.75) is 12.8 Å². The summed E-state index contributed by atoms with van der Waals surface area (Å²) in [6.07, 6.45) is 1.83. The minimum Gasteiger partial charge on any atom is -0.339 e. The van der Waals surface area contributed by atoms with Crippen molar-refractivity contribution in [1.29, 1.82) is 0 Å². The molecule has 0 radical (unpaired) electrons. The lowest BCUT2D eigenvalue weighted by Gasteiger charge is -2.16. The summed E-state index contributed by atoms with van der Waals surface area (Å²) in [4.78, 5) is 13.5. The maximum atomic E-state index is 13.5. The van der Waals surface area contributed by atoms with Gasteiger partial charge in [0.2, 0.25) is 0 Å². The molecule has 1 aliphatic heterocycles. The van der Waals surface area contributed by atoms with Gasteiger partial charge in [-0.15, -0.1) is 0 Å². The van der Waals surface area contributed by atoms with Crippen LogP contribution in [-0.2, 0) is 0 Å². The van der Waals surface area contributed by atoms with E-state index in [1.165, 1.54) is 0 Å². The summed E-state index contributed by atoms with van der Waals surface area (Å²) in [5.74, 6) is -1.75. The van der Waals surface area contributed by atoms with E-state index in [9.17, 15) is 13.6 Å². The van der Waals surface area contributed by atoms with E-state index in [2.05, 4.69) is 15.9 Å². The van der Waals surface area contributed by atoms with Crippen molar-refractivity contribution in [2.24, 2.45) is 0 Å². The monoisotopic (exact) mass is 289 g/mol. The molecular formula is C11H10BrF2NO. The van der Waals surface area contributed by atoms with Crippen molar-refractivity contribution >= 4 is 21.8 Å². The molecule has 0 spiro atoms. The van der Waals surface area contributed by atoms with Gasteiger partial charge in [-0.1, -0.05) is 0 Å². The minimum atomic E-state index is -0.690. The number of benzene rings is 1. The third-order valence-corrected chi connectivity index (χ3v) is 3.43. The molecule has 0 atom stereocenters. The standard InChI is InChI=1S/C11H10BrF2NO/c12-10-8(14)4-3-7(13)9(10)11(16)15-5-1-2-6-15/h3-4H,1-2,5-6H2. The van der Waals surface area contributed by atoms with Crippen LogP contribution in [0.15, 0.2) is 16.6 Å². The second kappa shape index (κ2) is 4.49. The third kappa shape index (κ3) is 1.96. The molecule has 86 valence electrons. The lowest BCUT2D eigenvalue weighted by molar-refractivity contribution is 0.0786. The first-order chi connectivity index (χ1) is 7.61. The number of hydrogen-bond donors (Lipinski definition) is 0. The maximum Gasteiger partial charge on any atom is 0.258 e. The first-order valence-corrected chi connectivity index (χ1v) is 5.83. The predicted molar refractivity (Wildman–Crippen MR) is 59.2 cm³/mol. The lowest BCUT2D eigenvalue weighted by atomic mass is 10.2. The van der Waals surface area contributed by atoms with Crippen molar-refractivity contribution in [3.05, 3.63) is 33.8 Å². The van der Waals surface area contributed by atoms with Crippen molar-refractivity contribution < 1.29 is 13.6 Å². The number of amides is 1. The van der Waals surface area contributed by atoms with Gasteiger partial charge in [-0.2, -0.15) is 0 Å². The minimum absolute atomic E-state index is 0.0931. The topological polar surface area (TPSA) is 20.3 Å². The molecule has 16 heavy (non-hydrogen) atoms. The Bertz CT molecular complexity index is 430. The van der Waals surface area contributed by atoms with Crippen LogP contribution in [0.2, 0.25) is 0 Å². The molecule has 1 amide bonds. The van der Waals surface area contributed by atoms with Crippen LogP contribution < -0.4 is 0 Å². The second-order valence-corrected chi connectivity index (χ2v) is 4.51. The van der Waals surface area contributed by atoms with Gasteiger partial charge in [-0.3, -0.25) is 4.79 Å². The highest BCUT2D eigenvalue weighted by Crippen LogP contribution is 2.26. The van der Waals surface area contributed by atoms with Gasteiger partial charge in [0, 0.05) is 13.1 Å². The molecule has 1 aromatic rings. The van der Waals surface area contributed by atoms with Crippen molar-refractivity contribution in [2.75, 3.05) is 13.1 Å². The highest BCUT2D eigenvalue weighted by molar-refractivity contribution is 9.10. The molecule has 2 rings (SSSR count). The Morgan fingerprint density at radius 3 is 2.38 bits per heavy atom. The molecule has 0 bridgehead atoms. The predicted octanol–water partition coefficient (Wildman–Crippen LogP) is 2.96. The summed E-state index contributed by atoms with van der Waals surface area (Å²) in [5, 5.41) is 0. The van der Waals surface area contributed by atoms with Crippen molar-refractivity contribution in [3.63, 3.8) is 0 Å². The van der Waals surface area contributed by atoms with Crippen LogP contribution in [0.25, 0.3) is 0 Å². The quantitative estimate of drug-likeness (QED) is 0.728. The number of halogens is 3. The smallest absolute Gasteiger partial charge is 0.258 e. The molecule has 5 heteroatoms. The summed E-state index contributed by atoms with van der Waals surface area (Å²) < 4.78 is 26.6. The van der Waals surface area contributed by atoms with E-state index in [0.29, 0.717) is 13.1 Å². The van der Waals surface area contributed by atoms with E-state index in [-0.39, 0.29) is 10.0 Å². The Morgan fingerprint density at radius 2 is 1.75 bits per heavy atom. The van der Waals surface area contributed by atoms with E-state index < -0.39 is 17.5 Å². The summed E-state index contributed by atoms with van der Waals surface area (Å²) in [6, 6.07) is 1.98. The molecule has 2 nitrogen and oxygen atoms in total. The maximum absolute atomic E-state index is 13.5. The number of rotatable bonds is 1. The normalized spacial score (nSPS) is 15.6. The summed E-state index contributed by atoms with van der Waals surface area (Å²) >= 11 is 2.92. The fourth-order valence-electron chi connectivity index (χ4n) is 1.80. The summed E-state index contributed by atoms with van der Waals surface area (Å²) in [5.41, 5.74) is -0.207. The number of nitrogens with zero attached hydrogens (tertiary/aromatic N) is 1. The molecule has 0 aromatic heterocycles. The van der Waals surface area contributed by atoms with Gasteiger partial charge in [0.25, 0.3) is 5.91 Å². The Hall–Kier alpha value is -0.970. The van der Waals surface area contributed by atoms with Crippen LogP contribution in [0.1, 0.15) is 23.2 Å². The van der Waals surface area contributed by atoms with E-state index in [0.717, 1.165) is 25.0 Å². The Balaban J connectivity index is 2.39. The fraction of sp³-hybridized carbons (Fsp3) is 0.364. The number of hydrogen-bond acceptors (Lipinski definition) is 1. The fourth-order valence-corrected chi connectivity index (χ4v) is 2.29. The van der Waals surface area contributed by atoms with Crippen LogP contribution >= 0.6 is 15.9 Å². The van der Waals surface area contributed by atoms with Gasteiger partial charge in [-0.05, 0) is 40.9 Å². The second-order valence-electron chi connectivity index (χ2n) is 3.72. The zero-order valence-electron chi connectivity index (χ0n) is 8.47. The SMILES string of the molecule is O=C(c1c(F)ccc(F)c1Br)N1CCCC1. The van der Waals surface area contributed by atoms with Gasteiger partial charge in [-0.25, -0.2) is 8.78 Å². The zero-order valence-corrected chi connectivity index (χ0v) is 10.1. The largest absolute Gasteiger partial charge is 0.339 e. The lowest BCUT2D eigenvalue weighted by Crippen LogP contribution is -2.29. The average Bonchev–Trinajstić information content (AvgIpc) is 2.77. The third-order valence-electron chi connectivity index (χ3n) is 2.65. The van der Waals surface area contributed by atoms with Gasteiger partial charge in [0.05, 0.1) is 10.0 Å². The Morgan fingerprint density at radius 1 is 1.19 bits per heavy atom. The Kier molecular flexibility index (Phi) is 3.23. The Labute approximate surface area is 100 Å². The van der Waals surface area contributed by atoms with E-state index >= 15 is 0 Å². The number of carbonyl (C=O) groups excluding carboxylic acids is 1. The first-order valence-electron chi connectivity index (χ1n) is 5.04. The highest BCUT2D eigenvalue weighted by atomic mass is 79.9. The first kappa shape index (κ1) is 11.5. The van der Waals surface area contributed by atoms with Gasteiger partial charge < -0.3 is 4.90 Å². The molecule has 0 saturated carbocycles. The average molecular weight is 290 g/mol. The van der Waals surface area contributed by atoms with Gasteiger partial charge in [0.15, 0.2) is 0 Å². The molecule has 1 aromatic carbocycles. The molecule has 1 fully saturated rings. The van der Waals surface area contributed by atoms with E-state index in [1.54, 1.807) is 4.90 Å². The number of likely N-dealkylation sites (tertiary alicyclic amines) is 1. The molecule has 0 aliphatic carbocycles. The van der Waals surface area contributed by atoms with Crippen molar-refractivity contribution in [1.82, 2.24) is 4.90 Å². The van der Waals surface area contributed by atoms with Crippen LogP contribution in [-0.4, -0.2) is 23.9 Å². The molecule has 1 saturated heterocycles. The number of carbonyl (C=O) groups is 1. The van der Waals surface area contributed by atoms with Crippen LogP contribution in [0.5, 0.6) is 0 Å². The summed E-state index contributed by atoms with van der Waals surface area (Å²) in [7, 11) is 0. The summed E-state index contributed by atoms with van der Waals surface area (Å²) in [6.45, 7) is 1.22.